The summed E-state index contributed by atoms with van der Waals surface area (Å²) >= 11 is 1.60. The van der Waals surface area contributed by atoms with E-state index in [0.29, 0.717) is 0 Å². The molecule has 0 radical (unpaired) electrons. The monoisotopic (exact) mass is 256 g/mol. The molecule has 0 aliphatic heterocycles. The van der Waals surface area contributed by atoms with Crippen LogP contribution in [0.25, 0.3) is 0 Å². The number of hydrogen-bond acceptors (Lipinski definition) is 3. The van der Waals surface area contributed by atoms with Crippen molar-refractivity contribution in [3.63, 3.8) is 0 Å². The van der Waals surface area contributed by atoms with E-state index in [2.05, 4.69) is 0 Å². The minimum atomic E-state index is -0.980. The Labute approximate surface area is 73.3 Å². The molecule has 0 aromatic heterocycles. The summed E-state index contributed by atoms with van der Waals surface area (Å²) in [5.41, 5.74) is -0.980. The van der Waals surface area contributed by atoms with Gasteiger partial charge in [-0.25, -0.2) is 0 Å². The van der Waals surface area contributed by atoms with E-state index in [0.717, 1.165) is 0 Å². The van der Waals surface area contributed by atoms with Crippen molar-refractivity contribution < 1.29 is 14.3 Å². The Bertz CT molecular complexity index is 162. The highest BCUT2D eigenvalue weighted by Gasteiger charge is 2.28. The number of hydrogen-bond donors (Lipinski definition) is 0. The zero-order valence-corrected chi connectivity index (χ0v) is 8.26. The van der Waals surface area contributed by atoms with E-state index in [-0.39, 0.29) is 3.79 Å². The number of rotatable bonds is 2. The number of halogens is 1. The van der Waals surface area contributed by atoms with Crippen LogP contribution in [0, 0.1) is 0 Å². The summed E-state index contributed by atoms with van der Waals surface area (Å²) in [5.74, 6) is -0.435. The normalized spacial score (nSPS) is 10.8. The summed E-state index contributed by atoms with van der Waals surface area (Å²) < 4.78 is 4.52. The molecule has 0 atom stereocenters. The average Bonchev–Trinajstić information content (AvgIpc) is 1.60. The van der Waals surface area contributed by atoms with Gasteiger partial charge in [0.15, 0.2) is 5.60 Å². The lowest BCUT2D eigenvalue weighted by molar-refractivity contribution is -0.157. The smallest absolute Gasteiger partial charge is 0.303 e. The van der Waals surface area contributed by atoms with Gasteiger partial charge in [0.1, 0.15) is 0 Å². The Morgan fingerprint density at radius 2 is 1.80 bits per heavy atom. The minimum Gasteiger partial charge on any atom is -0.451 e. The van der Waals surface area contributed by atoms with Crippen molar-refractivity contribution in [1.29, 1.82) is 0 Å². The maximum atomic E-state index is 10.7. The van der Waals surface area contributed by atoms with Crippen LogP contribution < -0.4 is 0 Å². The van der Waals surface area contributed by atoms with Gasteiger partial charge in [-0.3, -0.25) is 9.59 Å². The van der Waals surface area contributed by atoms with Gasteiger partial charge in [0.25, 0.3) is 0 Å². The molecule has 0 N–H and O–H groups in total. The molecule has 0 heterocycles. The topological polar surface area (TPSA) is 43.4 Å². The Morgan fingerprint density at radius 1 is 1.40 bits per heavy atom. The minimum absolute atomic E-state index is 0.180. The van der Waals surface area contributed by atoms with E-state index in [1.165, 1.54) is 6.92 Å². The van der Waals surface area contributed by atoms with Crippen LogP contribution in [0.15, 0.2) is 0 Å². The highest BCUT2D eigenvalue weighted by Crippen LogP contribution is 2.14. The number of carbonyl (C=O) groups is 2. The molecule has 58 valence electrons. The van der Waals surface area contributed by atoms with Gasteiger partial charge >= 0.3 is 5.97 Å². The van der Waals surface area contributed by atoms with E-state index >= 15 is 0 Å². The molecule has 4 heteroatoms. The number of esters is 1. The van der Waals surface area contributed by atoms with Gasteiger partial charge in [0.05, 0.1) is 0 Å². The maximum Gasteiger partial charge on any atom is 0.303 e. The van der Waals surface area contributed by atoms with Crippen molar-refractivity contribution in [3.05, 3.63) is 0 Å². The first-order valence-corrected chi connectivity index (χ1v) is 3.83. The molecule has 0 amide bonds. The Balaban J connectivity index is 4.13. The lowest BCUT2D eigenvalue weighted by atomic mass is 10.2. The van der Waals surface area contributed by atoms with E-state index in [9.17, 15) is 9.59 Å². The zero-order chi connectivity index (χ0) is 8.36. The van der Waals surface area contributed by atoms with Gasteiger partial charge in [0.2, 0.25) is 3.79 Å². The van der Waals surface area contributed by atoms with Gasteiger partial charge < -0.3 is 4.74 Å². The molecule has 0 aliphatic rings. The van der Waals surface area contributed by atoms with E-state index in [1.54, 1.807) is 36.4 Å². The summed E-state index contributed by atoms with van der Waals surface area (Å²) in [6, 6.07) is 0. The third-order valence-corrected chi connectivity index (χ3v) is 2.17. The van der Waals surface area contributed by atoms with Crippen molar-refractivity contribution >= 4 is 32.4 Å². The van der Waals surface area contributed by atoms with Crippen LogP contribution in [0.5, 0.6) is 0 Å². The third-order valence-electron chi connectivity index (χ3n) is 0.872. The number of ether oxygens (including phenoxy) is 1. The first-order chi connectivity index (χ1) is 4.36. The standard InChI is InChI=1S/C6H9IO3/c1-4(8)10-6(2,3)5(7)9/h1-3H3. The maximum absolute atomic E-state index is 10.7. The van der Waals surface area contributed by atoms with Crippen molar-refractivity contribution in [3.8, 4) is 0 Å². The lowest BCUT2D eigenvalue weighted by Gasteiger charge is -2.19. The molecule has 0 aromatic carbocycles. The van der Waals surface area contributed by atoms with Crippen LogP contribution in [0.3, 0.4) is 0 Å². The molecule has 0 saturated carbocycles. The van der Waals surface area contributed by atoms with Crippen LogP contribution >= 0.6 is 22.6 Å². The molecule has 0 aliphatic carbocycles. The van der Waals surface area contributed by atoms with Gasteiger partial charge in [-0.15, -0.1) is 0 Å². The lowest BCUT2D eigenvalue weighted by Crippen LogP contribution is -2.32. The Hall–Kier alpha value is -0.130. The molecular formula is C6H9IO3. The van der Waals surface area contributed by atoms with Crippen LogP contribution in [0.1, 0.15) is 20.8 Å². The van der Waals surface area contributed by atoms with Crippen molar-refractivity contribution in [2.24, 2.45) is 0 Å². The van der Waals surface area contributed by atoms with Crippen LogP contribution in [-0.4, -0.2) is 15.4 Å². The summed E-state index contributed by atoms with van der Waals surface area (Å²) in [4.78, 5) is 21.1. The fraction of sp³-hybridized carbons (Fsp3) is 0.667. The van der Waals surface area contributed by atoms with Crippen molar-refractivity contribution in [2.45, 2.75) is 26.4 Å². The fourth-order valence-corrected chi connectivity index (χ4v) is 0.510. The largest absolute Gasteiger partial charge is 0.451 e. The molecule has 0 rings (SSSR count). The van der Waals surface area contributed by atoms with Crippen LogP contribution in [-0.2, 0) is 14.3 Å². The van der Waals surface area contributed by atoms with E-state index in [1.807, 2.05) is 0 Å². The molecule has 0 spiro atoms. The summed E-state index contributed by atoms with van der Waals surface area (Å²) in [6.45, 7) is 4.40. The van der Waals surface area contributed by atoms with Crippen molar-refractivity contribution in [1.82, 2.24) is 0 Å². The fourth-order valence-electron chi connectivity index (χ4n) is 0.399. The first kappa shape index (κ1) is 9.87. The summed E-state index contributed by atoms with van der Waals surface area (Å²) in [6.07, 6.45) is 0. The highest BCUT2D eigenvalue weighted by molar-refractivity contribution is 14.1. The van der Waals surface area contributed by atoms with Gasteiger partial charge in [-0.1, -0.05) is 0 Å². The van der Waals surface area contributed by atoms with Gasteiger partial charge in [-0.05, 0) is 13.8 Å². The van der Waals surface area contributed by atoms with Gasteiger partial charge in [0, 0.05) is 29.5 Å². The van der Waals surface area contributed by atoms with E-state index < -0.39 is 11.6 Å². The molecule has 0 unspecified atom stereocenters. The SMILES string of the molecule is CC(=O)OC(C)(C)C(=O)I. The second kappa shape index (κ2) is 3.32. The predicted molar refractivity (Wildman–Crippen MR) is 44.9 cm³/mol. The second-order valence-electron chi connectivity index (χ2n) is 2.38. The molecule has 10 heavy (non-hydrogen) atoms. The Morgan fingerprint density at radius 3 is 1.90 bits per heavy atom. The third kappa shape index (κ3) is 3.14. The Kier molecular flexibility index (Phi) is 3.27. The summed E-state index contributed by atoms with van der Waals surface area (Å²) in [5, 5.41) is 0. The molecule has 3 nitrogen and oxygen atoms in total. The molecule has 0 bridgehead atoms. The number of carbonyl (C=O) groups excluding carboxylic acids is 2. The summed E-state index contributed by atoms with van der Waals surface area (Å²) in [7, 11) is 0. The van der Waals surface area contributed by atoms with E-state index in [4.69, 9.17) is 4.74 Å². The highest BCUT2D eigenvalue weighted by atomic mass is 127. The molecular weight excluding hydrogens is 247 g/mol. The molecule has 0 aromatic rings. The first-order valence-electron chi connectivity index (χ1n) is 2.76. The average molecular weight is 256 g/mol. The zero-order valence-electron chi connectivity index (χ0n) is 6.10. The van der Waals surface area contributed by atoms with Crippen LogP contribution in [0.4, 0.5) is 0 Å². The quantitative estimate of drug-likeness (QED) is 0.424. The predicted octanol–water partition coefficient (Wildman–Crippen LogP) is 1.29. The second-order valence-corrected chi connectivity index (χ2v) is 3.36. The van der Waals surface area contributed by atoms with Crippen molar-refractivity contribution in [2.75, 3.05) is 0 Å². The van der Waals surface area contributed by atoms with Gasteiger partial charge in [-0.2, -0.15) is 0 Å². The molecule has 0 saturated heterocycles. The van der Waals surface area contributed by atoms with Crippen LogP contribution in [0.2, 0.25) is 0 Å². The molecule has 0 fully saturated rings.